The van der Waals surface area contributed by atoms with E-state index >= 15 is 0 Å². The molecule has 0 saturated carbocycles. The van der Waals surface area contributed by atoms with Crippen molar-refractivity contribution in [1.29, 1.82) is 0 Å². The van der Waals surface area contributed by atoms with Gasteiger partial charge in [-0.1, -0.05) is 6.07 Å². The van der Waals surface area contributed by atoms with Gasteiger partial charge in [-0.3, -0.25) is 4.79 Å². The maximum Gasteiger partial charge on any atom is 0.258 e. The Morgan fingerprint density at radius 3 is 2.59 bits per heavy atom. The van der Waals surface area contributed by atoms with Crippen molar-refractivity contribution in [2.45, 2.75) is 24.5 Å². The number of nitrogens with zero attached hydrogens (tertiary/aromatic N) is 1. The van der Waals surface area contributed by atoms with Gasteiger partial charge in [0.2, 0.25) is 13.6 Å². The first-order valence-electron chi connectivity index (χ1n) is 8.93. The summed E-state index contributed by atoms with van der Waals surface area (Å²) in [6, 6.07) is 7.29. The van der Waals surface area contributed by atoms with Crippen molar-refractivity contribution in [2.24, 2.45) is 0 Å². The third kappa shape index (κ3) is 1.87. The average Bonchev–Trinajstić information content (AvgIpc) is 3.31. The lowest BCUT2D eigenvalue weighted by Gasteiger charge is -2.46. The Balaban J connectivity index is 1.57. The minimum Gasteiger partial charge on any atom is -0.454 e. The molecule has 27 heavy (non-hydrogen) atoms. The molecule has 0 saturated heterocycles. The second-order valence-electron chi connectivity index (χ2n) is 7.33. The van der Waals surface area contributed by atoms with Crippen molar-refractivity contribution in [3.8, 4) is 23.0 Å². The Kier molecular flexibility index (Phi) is 2.85. The van der Waals surface area contributed by atoms with Gasteiger partial charge in [-0.2, -0.15) is 0 Å². The summed E-state index contributed by atoms with van der Waals surface area (Å²) in [6.45, 7) is 0.293. The molecule has 0 spiro atoms. The van der Waals surface area contributed by atoms with Crippen LogP contribution in [0, 0.1) is 0 Å². The van der Waals surface area contributed by atoms with Crippen LogP contribution in [0.3, 0.4) is 0 Å². The van der Waals surface area contributed by atoms with Gasteiger partial charge in [0.05, 0.1) is 17.7 Å². The summed E-state index contributed by atoms with van der Waals surface area (Å²) in [7, 11) is 1.77. The van der Waals surface area contributed by atoms with E-state index in [0.717, 1.165) is 16.7 Å². The normalized spacial score (nSPS) is 26.5. The van der Waals surface area contributed by atoms with Crippen molar-refractivity contribution in [2.75, 3.05) is 20.6 Å². The van der Waals surface area contributed by atoms with Gasteiger partial charge >= 0.3 is 0 Å². The Hall–Kier alpha value is -2.93. The number of aliphatic hydroxyl groups is 1. The molecule has 1 N–H and O–H groups in total. The highest BCUT2D eigenvalue weighted by molar-refractivity contribution is 6.01. The topological polar surface area (TPSA) is 77.5 Å². The van der Waals surface area contributed by atoms with Gasteiger partial charge in [0.25, 0.3) is 5.91 Å². The molecular formula is C20H17NO6. The number of fused-ring (bicyclic) bond motifs is 8. The summed E-state index contributed by atoms with van der Waals surface area (Å²) in [5.41, 5.74) is 3.28. The summed E-state index contributed by atoms with van der Waals surface area (Å²) >= 11 is 0. The van der Waals surface area contributed by atoms with Crippen LogP contribution in [-0.4, -0.2) is 42.7 Å². The third-order valence-corrected chi connectivity index (χ3v) is 6.02. The fourth-order valence-electron chi connectivity index (χ4n) is 4.82. The molecule has 3 aliphatic heterocycles. The van der Waals surface area contributed by atoms with E-state index in [0.29, 0.717) is 35.0 Å². The molecule has 2 aromatic carbocycles. The molecule has 0 radical (unpaired) electrons. The van der Waals surface area contributed by atoms with E-state index < -0.39 is 6.10 Å². The molecule has 4 aliphatic rings. The van der Waals surface area contributed by atoms with Crippen molar-refractivity contribution in [3.63, 3.8) is 0 Å². The number of hydrogen-bond donors (Lipinski definition) is 1. The Bertz CT molecular complexity index is 1000. The standard InChI is InChI=1S/C20H17NO6/c1-21-18-11-6-15-14(25-7-26-15)5-9(11)4-12(22)16(18)10-2-3-13-19(27-8-24-13)17(10)20(21)23/h2-3,5-6,12,16,18,22H,4,7-8H2,1H3/t12-,16-,18+/m0/s1. The number of carbonyl (C=O) groups is 1. The second-order valence-corrected chi connectivity index (χ2v) is 7.33. The van der Waals surface area contributed by atoms with Crippen LogP contribution in [0.15, 0.2) is 24.3 Å². The molecule has 138 valence electrons. The van der Waals surface area contributed by atoms with Crippen LogP contribution in [0.2, 0.25) is 0 Å². The quantitative estimate of drug-likeness (QED) is 0.767. The van der Waals surface area contributed by atoms with E-state index in [-0.39, 0.29) is 31.5 Å². The van der Waals surface area contributed by atoms with E-state index in [4.69, 9.17) is 18.9 Å². The van der Waals surface area contributed by atoms with Gasteiger partial charge in [0.15, 0.2) is 23.0 Å². The molecule has 2 aromatic rings. The highest BCUT2D eigenvalue weighted by atomic mass is 16.7. The molecule has 3 atom stereocenters. The number of amides is 1. The predicted molar refractivity (Wildman–Crippen MR) is 92.4 cm³/mol. The first kappa shape index (κ1) is 15.2. The lowest BCUT2D eigenvalue weighted by molar-refractivity contribution is 0.0447. The van der Waals surface area contributed by atoms with Gasteiger partial charge in [-0.05, 0) is 41.3 Å². The van der Waals surface area contributed by atoms with E-state index in [1.807, 2.05) is 24.3 Å². The van der Waals surface area contributed by atoms with Crippen molar-refractivity contribution in [1.82, 2.24) is 4.90 Å². The molecule has 1 aliphatic carbocycles. The molecule has 0 fully saturated rings. The third-order valence-electron chi connectivity index (χ3n) is 6.02. The number of ether oxygens (including phenoxy) is 4. The molecule has 3 heterocycles. The zero-order valence-corrected chi connectivity index (χ0v) is 14.6. The van der Waals surface area contributed by atoms with E-state index in [1.54, 1.807) is 11.9 Å². The lowest BCUT2D eigenvalue weighted by Crippen LogP contribution is -2.47. The van der Waals surface area contributed by atoms with Crippen LogP contribution in [0.5, 0.6) is 23.0 Å². The molecular weight excluding hydrogens is 350 g/mol. The van der Waals surface area contributed by atoms with Crippen LogP contribution in [-0.2, 0) is 6.42 Å². The van der Waals surface area contributed by atoms with Gasteiger partial charge < -0.3 is 29.0 Å². The maximum atomic E-state index is 13.2. The molecule has 7 heteroatoms. The lowest BCUT2D eigenvalue weighted by atomic mass is 9.70. The fraction of sp³-hybridized carbons (Fsp3) is 0.350. The maximum absolute atomic E-state index is 13.2. The van der Waals surface area contributed by atoms with Crippen molar-refractivity contribution < 1.29 is 28.8 Å². The molecule has 6 rings (SSSR count). The van der Waals surface area contributed by atoms with Crippen LogP contribution in [0.4, 0.5) is 0 Å². The first-order chi connectivity index (χ1) is 13.1. The Morgan fingerprint density at radius 1 is 1.00 bits per heavy atom. The van der Waals surface area contributed by atoms with Crippen LogP contribution in [0.1, 0.15) is 39.0 Å². The molecule has 1 amide bonds. The van der Waals surface area contributed by atoms with Crippen LogP contribution < -0.4 is 18.9 Å². The monoisotopic (exact) mass is 367 g/mol. The largest absolute Gasteiger partial charge is 0.454 e. The average molecular weight is 367 g/mol. The molecule has 0 aromatic heterocycles. The van der Waals surface area contributed by atoms with E-state index in [9.17, 15) is 9.90 Å². The SMILES string of the molecule is CN1C(=O)c2c(ccc3c2OCO3)[C@@H]2[C@H]1c1cc3c(cc1C[C@@H]2O)OCO3. The summed E-state index contributed by atoms with van der Waals surface area (Å²) in [6.07, 6.45) is -0.138. The number of aliphatic hydroxyl groups excluding tert-OH is 1. The number of rotatable bonds is 0. The first-order valence-corrected chi connectivity index (χ1v) is 8.93. The molecule has 0 unspecified atom stereocenters. The number of likely N-dealkylation sites (N-methyl/N-ethyl adjacent to an activating group) is 1. The van der Waals surface area contributed by atoms with Crippen LogP contribution >= 0.6 is 0 Å². The predicted octanol–water partition coefficient (Wildman–Crippen LogP) is 1.97. The number of carbonyl (C=O) groups excluding carboxylic acids is 1. The minimum absolute atomic E-state index is 0.103. The Morgan fingerprint density at radius 2 is 1.74 bits per heavy atom. The second kappa shape index (κ2) is 5.07. The summed E-state index contributed by atoms with van der Waals surface area (Å²) in [5, 5.41) is 11.0. The van der Waals surface area contributed by atoms with Crippen molar-refractivity contribution >= 4 is 5.91 Å². The number of hydrogen-bond acceptors (Lipinski definition) is 6. The molecule has 0 bridgehead atoms. The van der Waals surface area contributed by atoms with Crippen molar-refractivity contribution in [3.05, 3.63) is 46.5 Å². The van der Waals surface area contributed by atoms with E-state index in [2.05, 4.69) is 0 Å². The highest BCUT2D eigenvalue weighted by Crippen LogP contribution is 2.54. The van der Waals surface area contributed by atoms with Gasteiger partial charge in [0.1, 0.15) is 0 Å². The minimum atomic E-state index is -0.627. The fourth-order valence-corrected chi connectivity index (χ4v) is 4.82. The van der Waals surface area contributed by atoms with Gasteiger partial charge in [0, 0.05) is 13.0 Å². The smallest absolute Gasteiger partial charge is 0.258 e. The van der Waals surface area contributed by atoms with E-state index in [1.165, 1.54) is 0 Å². The summed E-state index contributed by atoms with van der Waals surface area (Å²) in [4.78, 5) is 14.9. The summed E-state index contributed by atoms with van der Waals surface area (Å²) in [5.74, 6) is 2.04. The zero-order chi connectivity index (χ0) is 18.3. The Labute approximate surface area is 155 Å². The van der Waals surface area contributed by atoms with Gasteiger partial charge in [-0.25, -0.2) is 0 Å². The molecule has 7 nitrogen and oxygen atoms in total. The van der Waals surface area contributed by atoms with Crippen LogP contribution in [0.25, 0.3) is 0 Å². The zero-order valence-electron chi connectivity index (χ0n) is 14.6. The number of benzene rings is 2. The van der Waals surface area contributed by atoms with Gasteiger partial charge in [-0.15, -0.1) is 0 Å². The summed E-state index contributed by atoms with van der Waals surface area (Å²) < 4.78 is 22.0. The highest BCUT2D eigenvalue weighted by Gasteiger charge is 2.48.